The molecule has 0 bridgehead atoms. The van der Waals surface area contributed by atoms with Gasteiger partial charge in [-0.3, -0.25) is 0 Å². The normalized spacial score (nSPS) is 10.5. The molecule has 5 N–H and O–H groups in total. The third kappa shape index (κ3) is 5.96. The van der Waals surface area contributed by atoms with Gasteiger partial charge in [0.15, 0.2) is 0 Å². The summed E-state index contributed by atoms with van der Waals surface area (Å²) in [6.07, 6.45) is 0. The molecule has 1 atom stereocenters. The Morgan fingerprint density at radius 3 is 1.88 bits per heavy atom. The molecule has 1 unspecified atom stereocenters. The van der Waals surface area contributed by atoms with Crippen LogP contribution < -0.4 is 15.8 Å². The van der Waals surface area contributed by atoms with Crippen LogP contribution >= 0.6 is 9.24 Å². The first-order valence-electron chi connectivity index (χ1n) is 5.03. The summed E-state index contributed by atoms with van der Waals surface area (Å²) < 4.78 is 5.02. The molecule has 0 radical (unpaired) electrons. The number of ether oxygens (including phenoxy) is 1. The largest absolute Gasteiger partial charge is 0.496 e. The van der Waals surface area contributed by atoms with Crippen molar-refractivity contribution in [2.45, 2.75) is 5.54 Å². The Labute approximate surface area is 103 Å². The fourth-order valence-electron chi connectivity index (χ4n) is 0.816. The molecule has 5 nitrogen and oxygen atoms in total. The van der Waals surface area contributed by atoms with Gasteiger partial charge in [0.2, 0.25) is 0 Å². The van der Waals surface area contributed by atoms with Gasteiger partial charge in [-0.1, -0.05) is 18.2 Å². The highest BCUT2D eigenvalue weighted by Gasteiger charge is 2.20. The summed E-state index contributed by atoms with van der Waals surface area (Å²) in [5.41, 5.74) is 3.94. The average Bonchev–Trinajstić information content (AvgIpc) is 2.39. The first-order chi connectivity index (χ1) is 8.02. The summed E-state index contributed by atoms with van der Waals surface area (Å²) in [5, 5.41) is 26.1. The van der Waals surface area contributed by atoms with Crippen LogP contribution in [-0.2, 0) is 0 Å². The first-order valence-corrected chi connectivity index (χ1v) is 5.60. The molecule has 0 aromatic heterocycles. The summed E-state index contributed by atoms with van der Waals surface area (Å²) in [7, 11) is 4.28. The maximum atomic E-state index is 8.34. The number of aliphatic hydroxyl groups excluding tert-OH is 3. The van der Waals surface area contributed by atoms with Gasteiger partial charge in [-0.25, -0.2) is 0 Å². The van der Waals surface area contributed by atoms with Crippen molar-refractivity contribution >= 4 is 14.5 Å². The lowest BCUT2D eigenvalue weighted by Gasteiger charge is -2.20. The molecule has 1 aromatic carbocycles. The molecule has 0 heterocycles. The van der Waals surface area contributed by atoms with E-state index in [1.54, 1.807) is 7.11 Å². The molecule has 0 fully saturated rings. The minimum Gasteiger partial charge on any atom is -0.496 e. The lowest BCUT2D eigenvalue weighted by atomic mass is 10.1. The summed E-state index contributed by atoms with van der Waals surface area (Å²) >= 11 is 0. The number of para-hydroxylation sites is 1. The Morgan fingerprint density at radius 1 is 1.18 bits per heavy atom. The number of methoxy groups -OCH3 is 1. The Hall–Kier alpha value is -0.710. The highest BCUT2D eigenvalue weighted by atomic mass is 31.0. The molecule has 0 saturated carbocycles. The molecule has 6 heteroatoms. The smallest absolute Gasteiger partial charge is 0.125 e. The van der Waals surface area contributed by atoms with Crippen LogP contribution in [0.5, 0.6) is 5.75 Å². The molecule has 0 aliphatic carbocycles. The lowest BCUT2D eigenvalue weighted by Crippen LogP contribution is -2.50. The van der Waals surface area contributed by atoms with Crippen LogP contribution in [0, 0.1) is 0 Å². The first kappa shape index (κ1) is 16.3. The standard InChI is InChI=1S/C7H9OP.C4H11NO3/c1-8-6-4-2-3-5-7(6)9;5-4(1-6,2-7)3-8/h2-5H,9H2,1H3;6-8H,1-3,5H2. The monoisotopic (exact) mass is 261 g/mol. The molecule has 17 heavy (non-hydrogen) atoms. The van der Waals surface area contributed by atoms with Crippen LogP contribution in [0.3, 0.4) is 0 Å². The van der Waals surface area contributed by atoms with Gasteiger partial charge in [-0.2, -0.15) is 0 Å². The zero-order valence-corrected chi connectivity index (χ0v) is 11.0. The molecule has 0 amide bonds. The third-order valence-electron chi connectivity index (χ3n) is 2.08. The van der Waals surface area contributed by atoms with E-state index in [1.165, 1.54) is 0 Å². The van der Waals surface area contributed by atoms with Crippen LogP contribution in [0.1, 0.15) is 0 Å². The fourth-order valence-corrected chi connectivity index (χ4v) is 1.14. The molecular weight excluding hydrogens is 241 g/mol. The average molecular weight is 261 g/mol. The minimum absolute atomic E-state index is 0.403. The number of nitrogens with two attached hydrogens (primary N) is 1. The Morgan fingerprint density at radius 2 is 1.65 bits per heavy atom. The summed E-state index contributed by atoms with van der Waals surface area (Å²) in [5.74, 6) is 0.919. The van der Waals surface area contributed by atoms with Crippen molar-refractivity contribution < 1.29 is 20.1 Å². The number of benzene rings is 1. The molecule has 98 valence electrons. The summed E-state index contributed by atoms with van der Waals surface area (Å²) in [6, 6.07) is 7.85. The molecule has 1 aromatic rings. The predicted octanol–water partition coefficient (Wildman–Crippen LogP) is -1.14. The molecule has 1 rings (SSSR count). The van der Waals surface area contributed by atoms with Gasteiger partial charge < -0.3 is 25.8 Å². The minimum atomic E-state index is -1.21. The number of hydrogen-bond acceptors (Lipinski definition) is 5. The third-order valence-corrected chi connectivity index (χ3v) is 2.56. The SMILES string of the molecule is COc1ccccc1P.NC(CO)(CO)CO. The van der Waals surface area contributed by atoms with E-state index in [1.807, 2.05) is 24.3 Å². The highest BCUT2D eigenvalue weighted by molar-refractivity contribution is 7.27. The number of aliphatic hydroxyl groups is 3. The van der Waals surface area contributed by atoms with Crippen LogP contribution in [0.4, 0.5) is 0 Å². The maximum Gasteiger partial charge on any atom is 0.125 e. The van der Waals surface area contributed by atoms with Crippen LogP contribution in [0.25, 0.3) is 0 Å². The number of rotatable bonds is 4. The van der Waals surface area contributed by atoms with E-state index in [4.69, 9.17) is 25.8 Å². The van der Waals surface area contributed by atoms with Crippen molar-refractivity contribution in [2.75, 3.05) is 26.9 Å². The topological polar surface area (TPSA) is 95.9 Å². The van der Waals surface area contributed by atoms with Crippen LogP contribution in [-0.4, -0.2) is 47.8 Å². The van der Waals surface area contributed by atoms with E-state index >= 15 is 0 Å². The molecule has 0 spiro atoms. The van der Waals surface area contributed by atoms with Crippen molar-refractivity contribution in [3.05, 3.63) is 24.3 Å². The molecule has 0 aliphatic heterocycles. The van der Waals surface area contributed by atoms with E-state index in [0.717, 1.165) is 11.1 Å². The van der Waals surface area contributed by atoms with Crippen molar-refractivity contribution in [3.63, 3.8) is 0 Å². The summed E-state index contributed by atoms with van der Waals surface area (Å²) in [6.45, 7) is -1.21. The number of hydrogen-bond donors (Lipinski definition) is 4. The van der Waals surface area contributed by atoms with Crippen molar-refractivity contribution in [2.24, 2.45) is 5.73 Å². The predicted molar refractivity (Wildman–Crippen MR) is 70.5 cm³/mol. The van der Waals surface area contributed by atoms with Crippen molar-refractivity contribution in [1.82, 2.24) is 0 Å². The van der Waals surface area contributed by atoms with E-state index in [0.29, 0.717) is 0 Å². The van der Waals surface area contributed by atoms with E-state index in [-0.39, 0.29) is 0 Å². The molecule has 0 aliphatic rings. The van der Waals surface area contributed by atoms with Crippen molar-refractivity contribution in [1.29, 1.82) is 0 Å². The Kier molecular flexibility index (Phi) is 8.04. The molecule has 0 saturated heterocycles. The van der Waals surface area contributed by atoms with Gasteiger partial charge in [-0.05, 0) is 6.07 Å². The van der Waals surface area contributed by atoms with Gasteiger partial charge in [-0.15, -0.1) is 9.24 Å². The molecular formula is C11H20NO4P. The van der Waals surface area contributed by atoms with E-state index < -0.39 is 25.4 Å². The second kappa shape index (κ2) is 8.39. The lowest BCUT2D eigenvalue weighted by molar-refractivity contribution is 0.0698. The van der Waals surface area contributed by atoms with Gasteiger partial charge in [0.25, 0.3) is 0 Å². The van der Waals surface area contributed by atoms with E-state index in [2.05, 4.69) is 9.24 Å². The van der Waals surface area contributed by atoms with Gasteiger partial charge in [0, 0.05) is 5.30 Å². The van der Waals surface area contributed by atoms with E-state index in [9.17, 15) is 0 Å². The quantitative estimate of drug-likeness (QED) is 0.514. The van der Waals surface area contributed by atoms with Gasteiger partial charge >= 0.3 is 0 Å². The summed E-state index contributed by atoms with van der Waals surface area (Å²) in [4.78, 5) is 0. The highest BCUT2D eigenvalue weighted by Crippen LogP contribution is 2.07. The van der Waals surface area contributed by atoms with Crippen LogP contribution in [0.15, 0.2) is 24.3 Å². The second-order valence-corrected chi connectivity index (χ2v) is 4.20. The fraction of sp³-hybridized carbons (Fsp3) is 0.455. The Bertz CT molecular complexity index is 310. The maximum absolute atomic E-state index is 8.34. The van der Waals surface area contributed by atoms with Gasteiger partial charge in [0.1, 0.15) is 5.75 Å². The van der Waals surface area contributed by atoms with Crippen LogP contribution in [0.2, 0.25) is 0 Å². The second-order valence-electron chi connectivity index (χ2n) is 3.58. The zero-order valence-electron chi connectivity index (χ0n) is 9.84. The van der Waals surface area contributed by atoms with Gasteiger partial charge in [0.05, 0.1) is 32.5 Å². The van der Waals surface area contributed by atoms with Crippen molar-refractivity contribution in [3.8, 4) is 5.75 Å². The zero-order chi connectivity index (χ0) is 13.3. The Balaban J connectivity index is 0.000000304.